The summed E-state index contributed by atoms with van der Waals surface area (Å²) in [5.74, 6) is 4.03. The number of carbonyl (C=O) groups excluding carboxylic acids is 2. The van der Waals surface area contributed by atoms with Gasteiger partial charge in [-0.3, -0.25) is 4.79 Å². The van der Waals surface area contributed by atoms with Gasteiger partial charge in [-0.15, -0.1) is 6.58 Å². The Hall–Kier alpha value is -1.75. The summed E-state index contributed by atoms with van der Waals surface area (Å²) in [7, 11) is 5.24. The first-order chi connectivity index (χ1) is 20.4. The van der Waals surface area contributed by atoms with Crippen molar-refractivity contribution in [2.75, 3.05) is 41.0 Å². The normalized spacial score (nSPS) is 10.0. The number of amides is 1. The van der Waals surface area contributed by atoms with Crippen LogP contribution in [0, 0.1) is 46.8 Å². The lowest BCUT2D eigenvalue weighted by molar-refractivity contribution is -0.129. The molecule has 0 spiro atoms. The molecule has 1 N–H and O–H groups in total. The molecule has 0 aromatic rings. The van der Waals surface area contributed by atoms with Gasteiger partial charge in [0.15, 0.2) is 0 Å². The molecule has 1 amide bonds. The second kappa shape index (κ2) is 41.3. The number of hydrogen-bond acceptors (Lipinski definition) is 6. The monoisotopic (exact) mass is 661 g/mol. The predicted octanol–water partition coefficient (Wildman–Crippen LogP) is 10.3. The number of rotatable bonds is 14. The zero-order valence-corrected chi connectivity index (χ0v) is 33.4. The van der Waals surface area contributed by atoms with Gasteiger partial charge < -0.3 is 24.3 Å². The van der Waals surface area contributed by atoms with Crippen LogP contribution in [0.2, 0.25) is 0 Å². The summed E-state index contributed by atoms with van der Waals surface area (Å²) >= 11 is 0. The molecule has 0 aromatic heterocycles. The van der Waals surface area contributed by atoms with Gasteiger partial charge in [0.1, 0.15) is 5.78 Å². The molecule has 0 aliphatic rings. The van der Waals surface area contributed by atoms with E-state index in [2.05, 4.69) is 54.2 Å². The lowest BCUT2D eigenvalue weighted by atomic mass is 9.97. The average Bonchev–Trinajstić information content (AvgIpc) is 2.80. The third-order valence-corrected chi connectivity index (χ3v) is 4.71. The van der Waals surface area contributed by atoms with Crippen LogP contribution in [0.5, 0.6) is 0 Å². The molecule has 0 heterocycles. The average molecular weight is 661 g/mol. The van der Waals surface area contributed by atoms with E-state index in [0.29, 0.717) is 55.6 Å². The highest BCUT2D eigenvalue weighted by molar-refractivity contribution is 5.75. The van der Waals surface area contributed by atoms with E-state index in [9.17, 15) is 14.7 Å². The SMILES string of the molecule is C.C=CCC(C)C.CC(=O)CC(C)C.CC(C)CC#N.CC(C)CC(=O)N(C)C.CC(C)CC(C)(C)O.COCCOCC(C)C. The van der Waals surface area contributed by atoms with E-state index in [-0.39, 0.29) is 19.1 Å². The molecule has 7 heteroatoms. The van der Waals surface area contributed by atoms with E-state index < -0.39 is 5.60 Å². The predicted molar refractivity (Wildman–Crippen MR) is 203 cm³/mol. The van der Waals surface area contributed by atoms with Crippen LogP contribution in [0.4, 0.5) is 0 Å². The van der Waals surface area contributed by atoms with Gasteiger partial charge >= 0.3 is 0 Å². The molecule has 46 heavy (non-hydrogen) atoms. The van der Waals surface area contributed by atoms with E-state index in [4.69, 9.17) is 14.7 Å². The minimum Gasteiger partial charge on any atom is -0.390 e. The minimum atomic E-state index is -0.478. The second-order valence-electron chi connectivity index (χ2n) is 14.7. The van der Waals surface area contributed by atoms with Crippen LogP contribution in [-0.2, 0) is 19.1 Å². The molecule has 0 aromatic carbocycles. The quantitative estimate of drug-likeness (QED) is 0.147. The van der Waals surface area contributed by atoms with Crippen LogP contribution in [0.15, 0.2) is 12.7 Å². The highest BCUT2D eigenvalue weighted by Crippen LogP contribution is 2.13. The standard InChI is InChI=1S/C7H15NO.C7H16O2.C7H16O.C6H12O.C6H12.C5H9N.CH4/c1-6(2)5-7(9)8(3)4;1-7(2)6-9-5-4-8-3;1-6(2)5-7(3,4)8;1-5(2)4-6(3)7;1-4-5-6(2)3;1-5(2)3-4-6;/h6H,5H2,1-4H3;7H,4-6H2,1-3H3;6,8H,5H2,1-4H3;5H,4H2,1-3H3;4,6H,1,5H2,2-3H3;5H,3H2,1-2H3;1H4. The van der Waals surface area contributed by atoms with Crippen LogP contribution >= 0.6 is 0 Å². The van der Waals surface area contributed by atoms with E-state index in [1.54, 1.807) is 33.0 Å². The molecule has 0 rings (SSSR count). The first-order valence-corrected chi connectivity index (χ1v) is 16.9. The first-order valence-electron chi connectivity index (χ1n) is 16.9. The summed E-state index contributed by atoms with van der Waals surface area (Å²) < 4.78 is 10.0. The smallest absolute Gasteiger partial charge is 0.222 e. The third kappa shape index (κ3) is 96.8. The van der Waals surface area contributed by atoms with Crippen molar-refractivity contribution in [1.82, 2.24) is 4.90 Å². The van der Waals surface area contributed by atoms with Gasteiger partial charge in [0.25, 0.3) is 0 Å². The molecular weight excluding hydrogens is 576 g/mol. The molecule has 0 atom stereocenters. The van der Waals surface area contributed by atoms with Crippen molar-refractivity contribution in [2.45, 2.75) is 149 Å². The summed E-state index contributed by atoms with van der Waals surface area (Å²) in [5, 5.41) is 17.2. The fourth-order valence-corrected chi connectivity index (χ4v) is 3.08. The maximum Gasteiger partial charge on any atom is 0.222 e. The Labute approximate surface area is 289 Å². The van der Waals surface area contributed by atoms with Crippen molar-refractivity contribution in [1.29, 1.82) is 5.26 Å². The Morgan fingerprint density at radius 1 is 0.826 bits per heavy atom. The minimum absolute atomic E-state index is 0. The topological polar surface area (TPSA) is 99.9 Å². The van der Waals surface area contributed by atoms with E-state index in [0.717, 1.165) is 31.8 Å². The maximum absolute atomic E-state index is 10.9. The molecule has 280 valence electrons. The summed E-state index contributed by atoms with van der Waals surface area (Å²) in [6, 6.07) is 2.07. The third-order valence-electron chi connectivity index (χ3n) is 4.71. The Balaban J connectivity index is -0.0000000796. The van der Waals surface area contributed by atoms with Crippen LogP contribution in [0.1, 0.15) is 143 Å². The fraction of sp³-hybridized carbons (Fsp3) is 0.872. The van der Waals surface area contributed by atoms with Crippen molar-refractivity contribution in [3.63, 3.8) is 0 Å². The molecule has 0 unspecified atom stereocenters. The van der Waals surface area contributed by atoms with Gasteiger partial charge in [-0.05, 0) is 69.1 Å². The molecule has 0 saturated heterocycles. The van der Waals surface area contributed by atoms with Crippen LogP contribution < -0.4 is 0 Å². The van der Waals surface area contributed by atoms with E-state index in [1.807, 2.05) is 61.5 Å². The van der Waals surface area contributed by atoms with Crippen molar-refractivity contribution in [3.8, 4) is 6.07 Å². The summed E-state index contributed by atoms with van der Waals surface area (Å²) in [6.45, 7) is 36.2. The maximum atomic E-state index is 10.9. The Bertz CT molecular complexity index is 671. The fourth-order valence-electron chi connectivity index (χ4n) is 3.08. The number of allylic oxidation sites excluding steroid dienone is 1. The number of nitriles is 1. The van der Waals surface area contributed by atoms with Crippen molar-refractivity contribution in [3.05, 3.63) is 12.7 Å². The van der Waals surface area contributed by atoms with E-state index >= 15 is 0 Å². The van der Waals surface area contributed by atoms with E-state index in [1.165, 1.54) is 0 Å². The van der Waals surface area contributed by atoms with Crippen molar-refractivity contribution >= 4 is 11.7 Å². The molecule has 0 aliphatic heterocycles. The zero-order chi connectivity index (χ0) is 37.2. The molecule has 0 aliphatic carbocycles. The van der Waals surface area contributed by atoms with Gasteiger partial charge in [0, 0.05) is 47.1 Å². The van der Waals surface area contributed by atoms with Crippen LogP contribution in [-0.4, -0.2) is 68.3 Å². The number of methoxy groups -OCH3 is 1. The molecule has 7 nitrogen and oxygen atoms in total. The Morgan fingerprint density at radius 2 is 1.28 bits per heavy atom. The highest BCUT2D eigenvalue weighted by atomic mass is 16.5. The zero-order valence-electron chi connectivity index (χ0n) is 33.4. The Morgan fingerprint density at radius 3 is 1.39 bits per heavy atom. The molecule has 0 bridgehead atoms. The number of carbonyl (C=O) groups is 2. The lowest BCUT2D eigenvalue weighted by Crippen LogP contribution is -2.22. The first kappa shape index (κ1) is 59.7. The Kier molecular flexibility index (Phi) is 53.5. The van der Waals surface area contributed by atoms with Gasteiger partial charge in [0.05, 0.1) is 24.9 Å². The van der Waals surface area contributed by atoms with Crippen molar-refractivity contribution in [2.24, 2.45) is 35.5 Å². The summed E-state index contributed by atoms with van der Waals surface area (Å²) in [6.07, 6.45) is 6.03. The molecule has 0 radical (unpaired) electrons. The summed E-state index contributed by atoms with van der Waals surface area (Å²) in [4.78, 5) is 22.8. The highest BCUT2D eigenvalue weighted by Gasteiger charge is 2.13. The van der Waals surface area contributed by atoms with Crippen molar-refractivity contribution < 1.29 is 24.2 Å². The number of hydrogen-bond donors (Lipinski definition) is 1. The number of ether oxygens (including phenoxy) is 2. The molecular formula is C39H84N2O5. The number of nitrogens with zero attached hydrogens (tertiary/aromatic N) is 2. The number of aliphatic hydroxyl groups is 1. The van der Waals surface area contributed by atoms with Crippen LogP contribution in [0.3, 0.4) is 0 Å². The molecule has 0 fully saturated rings. The van der Waals surface area contributed by atoms with Crippen LogP contribution in [0.25, 0.3) is 0 Å². The second-order valence-corrected chi connectivity index (χ2v) is 14.7. The number of Topliss-reactive ketones (excluding diaryl/α,β-unsaturated/α-hetero) is 1. The summed E-state index contributed by atoms with van der Waals surface area (Å²) in [5.41, 5.74) is -0.478. The number of ketones is 1. The van der Waals surface area contributed by atoms with Gasteiger partial charge in [-0.1, -0.05) is 96.6 Å². The van der Waals surface area contributed by atoms with Gasteiger partial charge in [0.2, 0.25) is 5.91 Å². The molecule has 0 saturated carbocycles. The lowest BCUT2D eigenvalue weighted by Gasteiger charge is -2.18. The largest absolute Gasteiger partial charge is 0.390 e. The van der Waals surface area contributed by atoms with Gasteiger partial charge in [-0.2, -0.15) is 5.26 Å². The van der Waals surface area contributed by atoms with Gasteiger partial charge in [-0.25, -0.2) is 0 Å².